The van der Waals surface area contributed by atoms with E-state index < -0.39 is 42.2 Å². The first-order chi connectivity index (χ1) is 21.8. The number of amides is 3. The smallest absolute Gasteiger partial charge is 0.340 e. The van der Waals surface area contributed by atoms with Gasteiger partial charge in [0.1, 0.15) is 17.5 Å². The van der Waals surface area contributed by atoms with Crippen LogP contribution in [-0.2, 0) is 25.2 Å². The molecule has 46 heavy (non-hydrogen) atoms. The number of nitrogens with one attached hydrogen (secondary N) is 1. The van der Waals surface area contributed by atoms with E-state index in [2.05, 4.69) is 16.4 Å². The molecule has 3 amide bonds. The number of thiophene rings is 1. The van der Waals surface area contributed by atoms with Crippen LogP contribution < -0.4 is 5.32 Å². The van der Waals surface area contributed by atoms with Crippen LogP contribution >= 0.6 is 18.9 Å². The van der Waals surface area contributed by atoms with Crippen LogP contribution in [0, 0.1) is 23.2 Å². The molecule has 4 aliphatic rings. The molecule has 11 nitrogen and oxygen atoms in total. The van der Waals surface area contributed by atoms with Gasteiger partial charge in [-0.15, -0.1) is 11.3 Å². The molecule has 15 heteroatoms. The highest BCUT2D eigenvalue weighted by molar-refractivity contribution is 7.52. The van der Waals surface area contributed by atoms with Crippen molar-refractivity contribution in [1.29, 1.82) is 5.26 Å². The minimum atomic E-state index is -5.77. The first-order valence-electron chi connectivity index (χ1n) is 15.0. The van der Waals surface area contributed by atoms with Gasteiger partial charge in [0, 0.05) is 35.6 Å². The number of rotatable bonds is 6. The highest BCUT2D eigenvalue weighted by Crippen LogP contribution is 2.59. The summed E-state index contributed by atoms with van der Waals surface area (Å²) in [6.45, 7) is 0.363. The number of carbonyl (C=O) groups is 3. The van der Waals surface area contributed by atoms with Crippen LogP contribution in [0.5, 0.6) is 0 Å². The average Bonchev–Trinajstić information content (AvgIpc) is 3.37. The number of carbonyl (C=O) groups excluding carboxylic acids is 3. The highest BCUT2D eigenvalue weighted by atomic mass is 32.1. The molecule has 3 N–H and O–H groups in total. The number of likely N-dealkylation sites (tertiary alicyclic amines) is 1. The Hall–Kier alpha value is -3.76. The third-order valence-corrected chi connectivity index (χ3v) is 12.0. The lowest BCUT2D eigenvalue weighted by molar-refractivity contribution is -0.151. The van der Waals surface area contributed by atoms with E-state index in [9.17, 15) is 33.0 Å². The number of hydrogen-bond acceptors (Lipinski definition) is 7. The van der Waals surface area contributed by atoms with Crippen molar-refractivity contribution in [3.8, 4) is 6.07 Å². The predicted molar refractivity (Wildman–Crippen MR) is 162 cm³/mol. The molecule has 3 aromatic rings. The zero-order valence-corrected chi connectivity index (χ0v) is 26.1. The summed E-state index contributed by atoms with van der Waals surface area (Å²) in [5.41, 5.74) is -5.55. The Labute approximate surface area is 266 Å². The second-order valence-electron chi connectivity index (χ2n) is 12.8. The van der Waals surface area contributed by atoms with Crippen LogP contribution in [0.1, 0.15) is 53.0 Å². The number of nitrogens with zero attached hydrogens (tertiary/aromatic N) is 4. The van der Waals surface area contributed by atoms with Gasteiger partial charge in [-0.1, -0.05) is 12.1 Å². The minimum absolute atomic E-state index is 0.132. The van der Waals surface area contributed by atoms with Gasteiger partial charge in [-0.3, -0.25) is 23.9 Å². The lowest BCUT2D eigenvalue weighted by Gasteiger charge is -2.47. The Morgan fingerprint density at radius 3 is 2.57 bits per heavy atom. The fourth-order valence-electron chi connectivity index (χ4n) is 7.28. The van der Waals surface area contributed by atoms with E-state index in [0.717, 1.165) is 36.3 Å². The topological polar surface area (TPSA) is 164 Å². The number of halogens is 2. The molecule has 0 spiro atoms. The third-order valence-electron chi connectivity index (χ3n) is 9.88. The highest BCUT2D eigenvalue weighted by Gasteiger charge is 2.55. The number of fused-ring (bicyclic) bond motifs is 3. The van der Waals surface area contributed by atoms with Crippen LogP contribution in [0.4, 0.5) is 8.78 Å². The molecule has 7 rings (SSSR count). The van der Waals surface area contributed by atoms with Gasteiger partial charge in [0.2, 0.25) is 11.8 Å². The number of aromatic nitrogens is 1. The van der Waals surface area contributed by atoms with E-state index >= 15 is 0 Å². The largest absolute Gasteiger partial charge is 0.399 e. The van der Waals surface area contributed by atoms with Gasteiger partial charge in [0.15, 0.2) is 0 Å². The molecule has 240 valence electrons. The first kappa shape index (κ1) is 30.9. The molecule has 1 aliphatic carbocycles. The number of nitriles is 1. The summed E-state index contributed by atoms with van der Waals surface area (Å²) >= 11 is 1.01. The maximum atomic E-state index is 14.3. The summed E-state index contributed by atoms with van der Waals surface area (Å²) in [6.07, 6.45) is 4.92. The van der Waals surface area contributed by atoms with Crippen molar-refractivity contribution in [2.75, 3.05) is 13.1 Å². The average molecular weight is 670 g/mol. The number of pyridine rings is 1. The van der Waals surface area contributed by atoms with Crippen LogP contribution in [-0.4, -0.2) is 73.5 Å². The summed E-state index contributed by atoms with van der Waals surface area (Å²) in [7, 11) is -5.77. The van der Waals surface area contributed by atoms with Crippen molar-refractivity contribution in [3.63, 3.8) is 0 Å². The Morgan fingerprint density at radius 1 is 1.11 bits per heavy atom. The lowest BCUT2D eigenvalue weighted by Crippen LogP contribution is -2.65. The van der Waals surface area contributed by atoms with E-state index in [1.54, 1.807) is 34.2 Å². The maximum absolute atomic E-state index is 14.3. The minimum Gasteiger partial charge on any atom is -0.340 e. The van der Waals surface area contributed by atoms with Crippen molar-refractivity contribution in [3.05, 3.63) is 64.8 Å². The SMILES string of the molecule is N#CC1(c2ccccn2)CN(C(=O)[C@@H]2CC[C@@H]3C[C@@H]4C[C@@H]4C[C@H](NC(=O)c4cc5cc(C(F)(F)P(=O)(O)O)ccc5s4)C(=O)N32)C1. The second-order valence-corrected chi connectivity index (χ2v) is 15.5. The molecule has 5 heterocycles. The number of hydrogen-bond donors (Lipinski definition) is 3. The van der Waals surface area contributed by atoms with E-state index in [4.69, 9.17) is 9.79 Å². The molecule has 0 unspecified atom stereocenters. The van der Waals surface area contributed by atoms with E-state index in [1.807, 2.05) is 0 Å². The first-order valence-corrected chi connectivity index (χ1v) is 17.5. The quantitative estimate of drug-likeness (QED) is 0.335. The van der Waals surface area contributed by atoms with Crippen LogP contribution in [0.15, 0.2) is 48.7 Å². The summed E-state index contributed by atoms with van der Waals surface area (Å²) in [4.78, 5) is 67.3. The zero-order valence-electron chi connectivity index (χ0n) is 24.4. The molecule has 5 atom stereocenters. The van der Waals surface area contributed by atoms with Crippen molar-refractivity contribution >= 4 is 46.7 Å². The normalized spacial score (nSPS) is 27.1. The molecule has 2 aromatic heterocycles. The lowest BCUT2D eigenvalue weighted by atomic mass is 9.77. The van der Waals surface area contributed by atoms with Gasteiger partial charge in [0.25, 0.3) is 5.91 Å². The standard InChI is InChI=1S/C31H30F2N5O6PS/c32-31(33,45(42,43)44)20-4-7-24-19(10-20)13-25(46-24)27(39)36-22-12-18-9-17(18)11-21-5-6-23(38(21)28(22)40)29(41)37-15-30(14-34,16-37)26-3-1-2-8-35-26/h1-4,7-8,10,13,17-18,21-23H,5-6,9,11-12,15-16H2,(H,36,39)(H2,42,43,44)/t17-,18+,21+,22-,23-/m0/s1. The Kier molecular flexibility index (Phi) is 7.32. The van der Waals surface area contributed by atoms with E-state index in [0.29, 0.717) is 35.6 Å². The van der Waals surface area contributed by atoms with Crippen molar-refractivity contribution < 1.29 is 37.5 Å². The Bertz CT molecular complexity index is 1840. The summed E-state index contributed by atoms with van der Waals surface area (Å²) in [5, 5.41) is 13.0. The summed E-state index contributed by atoms with van der Waals surface area (Å²) in [6, 6.07) is 10.4. The van der Waals surface area contributed by atoms with Gasteiger partial charge in [-0.2, -0.15) is 14.0 Å². The molecule has 0 radical (unpaired) electrons. The molecule has 1 saturated carbocycles. The van der Waals surface area contributed by atoms with Crippen molar-refractivity contribution in [2.45, 2.75) is 61.3 Å². The molecular weight excluding hydrogens is 639 g/mol. The summed E-state index contributed by atoms with van der Waals surface area (Å²) in [5.74, 6) is -0.456. The van der Waals surface area contributed by atoms with E-state index in [-0.39, 0.29) is 47.1 Å². The van der Waals surface area contributed by atoms with E-state index in [1.165, 1.54) is 12.1 Å². The van der Waals surface area contributed by atoms with Gasteiger partial charge in [-0.25, -0.2) is 0 Å². The van der Waals surface area contributed by atoms with Gasteiger partial charge in [0.05, 0.1) is 16.6 Å². The molecule has 3 saturated heterocycles. The molecule has 3 aliphatic heterocycles. The van der Waals surface area contributed by atoms with Crippen LogP contribution in [0.25, 0.3) is 10.1 Å². The molecule has 0 bridgehead atoms. The van der Waals surface area contributed by atoms with Gasteiger partial charge < -0.3 is 24.9 Å². The maximum Gasteiger partial charge on any atom is 0.399 e. The zero-order chi connectivity index (χ0) is 32.6. The second kappa shape index (κ2) is 10.9. The molecule has 1 aromatic carbocycles. The Balaban J connectivity index is 1.09. The fourth-order valence-corrected chi connectivity index (χ4v) is 8.70. The molecular formula is C31H30F2N5O6PS. The van der Waals surface area contributed by atoms with Crippen LogP contribution in [0.2, 0.25) is 0 Å². The fraction of sp³-hybridized carbons (Fsp3) is 0.452. The third kappa shape index (κ3) is 5.10. The number of benzene rings is 1. The van der Waals surface area contributed by atoms with Crippen molar-refractivity contribution in [1.82, 2.24) is 20.1 Å². The van der Waals surface area contributed by atoms with Gasteiger partial charge in [-0.05, 0) is 79.7 Å². The monoisotopic (exact) mass is 669 g/mol. The van der Waals surface area contributed by atoms with Crippen molar-refractivity contribution in [2.24, 2.45) is 11.8 Å². The van der Waals surface area contributed by atoms with Gasteiger partial charge >= 0.3 is 13.3 Å². The molecule has 4 fully saturated rings. The predicted octanol–water partition coefficient (Wildman–Crippen LogP) is 3.71. The Morgan fingerprint density at radius 2 is 1.87 bits per heavy atom. The van der Waals surface area contributed by atoms with Crippen LogP contribution in [0.3, 0.4) is 0 Å². The number of alkyl halides is 2. The summed E-state index contributed by atoms with van der Waals surface area (Å²) < 4.78 is 40.4.